The fraction of sp³-hybridized carbons (Fsp3) is 0.700. The predicted octanol–water partition coefficient (Wildman–Crippen LogP) is 3.26. The van der Waals surface area contributed by atoms with Crippen LogP contribution < -0.4 is 42.5 Å². The number of aliphatic carboxylic acids is 1. The van der Waals surface area contributed by atoms with E-state index >= 15 is 0 Å². The van der Waals surface area contributed by atoms with Crippen molar-refractivity contribution in [3.8, 4) is 0 Å². The summed E-state index contributed by atoms with van der Waals surface area (Å²) in [5.74, 6) is -7.38. The summed E-state index contributed by atoms with van der Waals surface area (Å²) in [6.07, 6.45) is 2.81. The molecule has 1 aromatic heterocycles. The van der Waals surface area contributed by atoms with Crippen LogP contribution in [0.2, 0.25) is 0 Å². The molecule has 1 aliphatic rings. The average molecular weight is 1690 g/mol. The maximum atomic E-state index is 14.3. The van der Waals surface area contributed by atoms with Gasteiger partial charge in [-0.05, 0) is 117 Å². The van der Waals surface area contributed by atoms with Crippen LogP contribution in [0.15, 0.2) is 41.8 Å². The lowest BCUT2D eigenvalue weighted by Gasteiger charge is -2.38. The molecule has 37 nitrogen and oxygen atoms in total. The Hall–Kier alpha value is -8.70. The number of esters is 1. The first-order valence-electron chi connectivity index (χ1n) is 40.3. The van der Waals surface area contributed by atoms with E-state index in [0.717, 1.165) is 34.0 Å². The molecule has 9 N–H and O–H groups in total. The highest BCUT2D eigenvalue weighted by atomic mass is 32.1. The maximum Gasteiger partial charge on any atom is 0.411 e. The van der Waals surface area contributed by atoms with Gasteiger partial charge in [0.05, 0.1) is 124 Å². The Morgan fingerprint density at radius 3 is 1.62 bits per heavy atom. The monoisotopic (exact) mass is 1690 g/mol. The van der Waals surface area contributed by atoms with E-state index < -0.39 is 113 Å². The fourth-order valence-corrected chi connectivity index (χ4v) is 12.2. The van der Waals surface area contributed by atoms with Gasteiger partial charge in [0, 0.05) is 81.8 Å². The van der Waals surface area contributed by atoms with Crippen molar-refractivity contribution in [2.45, 2.75) is 182 Å². The van der Waals surface area contributed by atoms with Gasteiger partial charge in [-0.2, -0.15) is 0 Å². The molecule has 2 heterocycles. The van der Waals surface area contributed by atoms with Gasteiger partial charge >= 0.3 is 18.0 Å². The number of hydrogen-bond acceptors (Lipinski definition) is 27. The Kier molecular flexibility index (Phi) is 51.1. The Labute approximate surface area is 696 Å². The summed E-state index contributed by atoms with van der Waals surface area (Å²) >= 11 is 1.11. The largest absolute Gasteiger partial charge is 0.481 e. The van der Waals surface area contributed by atoms with Gasteiger partial charge < -0.3 is 99.3 Å². The number of rotatable bonds is 65. The highest BCUT2D eigenvalue weighted by Gasteiger charge is 2.39. The zero-order valence-corrected chi connectivity index (χ0v) is 72.0. The van der Waals surface area contributed by atoms with E-state index in [1.165, 1.54) is 26.2 Å². The molecule has 0 bridgehead atoms. The van der Waals surface area contributed by atoms with Crippen LogP contribution in [0, 0.1) is 17.8 Å². The van der Waals surface area contributed by atoms with E-state index in [2.05, 4.69) is 47.5 Å². The summed E-state index contributed by atoms with van der Waals surface area (Å²) in [5, 5.41) is 33.4. The molecular weight excluding hydrogens is 1560 g/mol. The van der Waals surface area contributed by atoms with E-state index in [1.807, 2.05) is 27.7 Å². The second kappa shape index (κ2) is 58.3. The maximum absolute atomic E-state index is 14.3. The molecule has 9 atom stereocenters. The molecule has 0 saturated heterocycles. The van der Waals surface area contributed by atoms with Crippen LogP contribution >= 0.6 is 11.3 Å². The number of amides is 11. The number of nitrogens with one attached hydrogen (secondary N) is 8. The van der Waals surface area contributed by atoms with Crippen molar-refractivity contribution in [3.05, 3.63) is 58.1 Å². The predicted molar refractivity (Wildman–Crippen MR) is 435 cm³/mol. The first-order chi connectivity index (χ1) is 56.2. The van der Waals surface area contributed by atoms with Gasteiger partial charge in [0.1, 0.15) is 48.1 Å². The van der Waals surface area contributed by atoms with Gasteiger partial charge in [0.2, 0.25) is 41.4 Å². The number of aromatic nitrogens is 1. The van der Waals surface area contributed by atoms with Gasteiger partial charge in [0.25, 0.3) is 17.7 Å². The Morgan fingerprint density at radius 2 is 1.12 bits per heavy atom. The minimum absolute atomic E-state index is 0.0211. The third-order valence-electron chi connectivity index (χ3n) is 19.0. The number of likely N-dealkylation sites (N-methyl/N-ethyl adjacent to an activating group) is 3. The highest BCUT2D eigenvalue weighted by molar-refractivity contribution is 7.09. The molecule has 2 aromatic rings. The summed E-state index contributed by atoms with van der Waals surface area (Å²) in [7, 11) is 5.25. The summed E-state index contributed by atoms with van der Waals surface area (Å²) < 4.78 is 60.7. The van der Waals surface area contributed by atoms with Gasteiger partial charge in [-0.15, -0.1) is 11.3 Å². The molecule has 0 spiro atoms. The molecule has 1 aliphatic heterocycles. The van der Waals surface area contributed by atoms with Crippen LogP contribution in [-0.2, 0) is 111 Å². The summed E-state index contributed by atoms with van der Waals surface area (Å²) in [6, 6.07) is 1.87. The molecule has 0 fully saturated rings. The minimum atomic E-state index is -1.05. The van der Waals surface area contributed by atoms with Gasteiger partial charge in [-0.1, -0.05) is 53.2 Å². The zero-order valence-electron chi connectivity index (χ0n) is 71.2. The number of thiazole rings is 1. The SMILES string of the molecule is CCNC(=O)[C@@H](C)NC(=O)[C@@H](C)NC(=O)[C@@H](CCCCNC(=O)COCCOCCOCCOCCOCCOCCOCCOCCOCCOC(=O)Nc1ccc(C[C@@H](C[C@H](C)C(=O)O)NC(=O)c2csc([C@@H](C[C@H](C(C)C)N(C)C(=O)[C@@H](NC(=O)C(C)(C)N(C)C)[C@@H](C)CC)OC(C)=O)n2)cc1)NC(=O)CCCN1C(=O)C=CC1=O. The van der Waals surface area contributed by atoms with Crippen LogP contribution in [0.4, 0.5) is 10.5 Å². The minimum Gasteiger partial charge on any atom is -0.481 e. The number of hydrogen-bond donors (Lipinski definition) is 9. The number of benzene rings is 1. The highest BCUT2D eigenvalue weighted by Crippen LogP contribution is 2.32. The average Bonchev–Trinajstić information content (AvgIpc) is 1.73. The van der Waals surface area contributed by atoms with Crippen molar-refractivity contribution in [3.63, 3.8) is 0 Å². The lowest BCUT2D eigenvalue weighted by Crippen LogP contribution is -2.60. The van der Waals surface area contributed by atoms with Gasteiger partial charge in [-0.3, -0.25) is 72.7 Å². The number of ether oxygens (including phenoxy) is 11. The van der Waals surface area contributed by atoms with Crippen LogP contribution in [-0.4, -0.2) is 310 Å². The lowest BCUT2D eigenvalue weighted by atomic mass is 9.92. The second-order valence-electron chi connectivity index (χ2n) is 29.3. The van der Waals surface area contributed by atoms with Crippen molar-refractivity contribution in [1.29, 1.82) is 0 Å². The Morgan fingerprint density at radius 1 is 0.602 bits per heavy atom. The van der Waals surface area contributed by atoms with Crippen LogP contribution in [0.25, 0.3) is 0 Å². The van der Waals surface area contributed by atoms with Crippen molar-refractivity contribution in [2.24, 2.45) is 17.8 Å². The molecule has 1 aromatic carbocycles. The number of carboxylic acid groups (broad SMARTS) is 1. The van der Waals surface area contributed by atoms with E-state index in [4.69, 9.17) is 52.1 Å². The molecule has 3 rings (SSSR count). The summed E-state index contributed by atoms with van der Waals surface area (Å²) in [5.41, 5.74) is 0.306. The summed E-state index contributed by atoms with van der Waals surface area (Å²) in [6.45, 7) is 24.6. The van der Waals surface area contributed by atoms with Crippen LogP contribution in [0.3, 0.4) is 0 Å². The van der Waals surface area contributed by atoms with Crippen LogP contribution in [0.1, 0.15) is 155 Å². The Balaban J connectivity index is 1.19. The third kappa shape index (κ3) is 41.8. The number of anilines is 1. The second-order valence-corrected chi connectivity index (χ2v) is 30.2. The number of unbranched alkanes of at least 4 members (excludes halogenated alkanes) is 1. The van der Waals surface area contributed by atoms with Gasteiger partial charge in [-0.25, -0.2) is 9.78 Å². The van der Waals surface area contributed by atoms with Crippen LogP contribution in [0.5, 0.6) is 0 Å². The number of nitrogens with zero attached hydrogens (tertiary/aromatic N) is 4. The molecular formula is C80H130N12O25S. The molecule has 0 aliphatic carbocycles. The zero-order chi connectivity index (χ0) is 87.5. The van der Waals surface area contributed by atoms with E-state index in [1.54, 1.807) is 82.9 Å². The van der Waals surface area contributed by atoms with Crippen molar-refractivity contribution >= 4 is 94.1 Å². The molecule has 0 unspecified atom stereocenters. The Bertz CT molecular complexity index is 3420. The van der Waals surface area contributed by atoms with Crippen molar-refractivity contribution in [2.75, 3.05) is 172 Å². The van der Waals surface area contributed by atoms with E-state index in [0.29, 0.717) is 122 Å². The van der Waals surface area contributed by atoms with E-state index in [-0.39, 0.29) is 127 Å². The molecule has 666 valence electrons. The number of carbonyl (C=O) groups is 13. The molecule has 118 heavy (non-hydrogen) atoms. The van der Waals surface area contributed by atoms with Crippen molar-refractivity contribution in [1.82, 2.24) is 56.9 Å². The fourth-order valence-electron chi connectivity index (χ4n) is 11.3. The standard InChI is InChI=1S/C80H130N12O25S/c1-15-54(5)70(89-78(105)80(10,11)90(12)13)76(102)91(14)64(53(3)4)50-65(117-58(9)93)75-88-63(52-118-75)74(101)85-61(48-55(6)77(103)104)49-59-22-24-60(25-23-59)86-79(106)116-47-46-114-43-42-112-39-38-110-35-34-108-31-30-107-32-33-109-36-37-111-40-41-113-44-45-115-51-67(95)82-28-18-17-20-62(87-66(94)21-19-29-92-68(96)26-27-69(92)97)73(100)84-57(8)72(99)83-56(7)71(98)81-16-2/h22-27,52-57,61-62,64-65,70H,15-21,28-51H2,1-14H3,(H,81,98)(H,82,95)(H,83,99)(H,84,100)(H,85,101)(H,86,106)(H,87,94)(H,89,105)(H,103,104)/t54-,55-,56+,57+,61+,62+,64+,65+,70-/m0/s1. The van der Waals surface area contributed by atoms with Gasteiger partial charge in [0.15, 0.2) is 6.10 Å². The molecule has 11 amide bonds. The number of imide groups is 1. The first kappa shape index (κ1) is 103. The topological polar surface area (TPSA) is 463 Å². The lowest BCUT2D eigenvalue weighted by molar-refractivity contribution is -0.149. The smallest absolute Gasteiger partial charge is 0.411 e. The molecule has 0 saturated carbocycles. The normalized spacial score (nSPS) is 14.4. The first-order valence-corrected chi connectivity index (χ1v) is 41.2. The van der Waals surface area contributed by atoms with Crippen molar-refractivity contribution < 1.29 is 120 Å². The van der Waals surface area contributed by atoms with E-state index in [9.17, 15) is 67.4 Å². The number of carboxylic acids is 1. The summed E-state index contributed by atoms with van der Waals surface area (Å²) in [4.78, 5) is 175. The molecule has 38 heteroatoms. The number of carbonyl (C=O) groups excluding carboxylic acids is 12. The third-order valence-corrected chi connectivity index (χ3v) is 20.0. The molecule has 0 radical (unpaired) electrons. The quantitative estimate of drug-likeness (QED) is 0.0261.